The second kappa shape index (κ2) is 15.9. The van der Waals surface area contributed by atoms with Gasteiger partial charge in [0.05, 0.1) is 17.0 Å². The molecule has 0 unspecified atom stereocenters. The Hall–Kier alpha value is -5.11. The van der Waals surface area contributed by atoms with E-state index in [-0.39, 0.29) is 21.3 Å². The van der Waals surface area contributed by atoms with Crippen molar-refractivity contribution >= 4 is 28.5 Å². The van der Waals surface area contributed by atoms with Crippen LogP contribution in [0.2, 0.25) is 0 Å². The van der Waals surface area contributed by atoms with Crippen molar-refractivity contribution in [3.63, 3.8) is 0 Å². The molecule has 0 aliphatic carbocycles. The minimum Gasteiger partial charge on any atom is -0.423 e. The molecule has 6 aromatic rings. The van der Waals surface area contributed by atoms with E-state index in [0.717, 1.165) is 17.3 Å². The zero-order chi connectivity index (χ0) is 34.0. The average Bonchev–Trinajstić information content (AvgIpc) is 3.06. The number of alkyl halides is 3. The first kappa shape index (κ1) is 34.8. The minimum atomic E-state index is -4.45. The van der Waals surface area contributed by atoms with Crippen molar-refractivity contribution in [3.05, 3.63) is 158 Å². The molecule has 238 valence electrons. The fourth-order valence-corrected chi connectivity index (χ4v) is 4.77. The molecule has 47 heavy (non-hydrogen) atoms. The molecule has 0 saturated heterocycles. The monoisotopic (exact) mass is 702 g/mol. The molecule has 6 rings (SSSR count). The van der Waals surface area contributed by atoms with Crippen LogP contribution in [0.25, 0.3) is 33.6 Å². The highest BCUT2D eigenvalue weighted by Crippen LogP contribution is 2.37. The first-order valence-electron chi connectivity index (χ1n) is 14.0. The molecule has 2 heterocycles. The van der Waals surface area contributed by atoms with Gasteiger partial charge in [-0.25, -0.2) is 10.2 Å². The van der Waals surface area contributed by atoms with E-state index in [9.17, 15) is 22.8 Å². The average molecular weight is 703 g/mol. The summed E-state index contributed by atoms with van der Waals surface area (Å²) in [6.45, 7) is 2.08. The van der Waals surface area contributed by atoms with E-state index in [1.165, 1.54) is 47.0 Å². The number of H-pyrrole nitrogens is 2. The molecule has 0 radical (unpaired) electrons. The van der Waals surface area contributed by atoms with Crippen molar-refractivity contribution < 1.29 is 23.2 Å². The zero-order valence-corrected chi connectivity index (χ0v) is 26.3. The lowest BCUT2D eigenvalue weighted by atomic mass is 9.81. The smallest absolute Gasteiger partial charge is 0.423 e. The number of nitrogens with one attached hydrogen (secondary N) is 2. The molecule has 0 aliphatic rings. The molecular formula is C34H27BBrF3N4O4. The summed E-state index contributed by atoms with van der Waals surface area (Å²) in [6, 6.07) is 34.7. The van der Waals surface area contributed by atoms with Crippen molar-refractivity contribution in [1.82, 2.24) is 20.4 Å². The van der Waals surface area contributed by atoms with E-state index < -0.39 is 24.4 Å². The van der Waals surface area contributed by atoms with Crippen LogP contribution in [0.3, 0.4) is 0 Å². The summed E-state index contributed by atoms with van der Waals surface area (Å²) in [5, 5.41) is 29.5. The second-order valence-corrected chi connectivity index (χ2v) is 10.8. The molecule has 8 nitrogen and oxygen atoms in total. The Kier molecular flexibility index (Phi) is 11.8. The van der Waals surface area contributed by atoms with E-state index in [1.807, 2.05) is 30.3 Å². The number of aryl methyl sites for hydroxylation is 1. The summed E-state index contributed by atoms with van der Waals surface area (Å²) in [7, 11) is -1.34. The highest BCUT2D eigenvalue weighted by atomic mass is 79.9. The van der Waals surface area contributed by atoms with E-state index >= 15 is 0 Å². The maximum atomic E-state index is 12.7. The van der Waals surface area contributed by atoms with Gasteiger partial charge < -0.3 is 10.0 Å². The summed E-state index contributed by atoms with van der Waals surface area (Å²) in [5.41, 5.74) is 5.05. The number of benzene rings is 4. The molecule has 4 aromatic carbocycles. The summed E-state index contributed by atoms with van der Waals surface area (Å²) < 4.78 is 38.1. The van der Waals surface area contributed by atoms with Crippen LogP contribution in [0.4, 0.5) is 13.2 Å². The van der Waals surface area contributed by atoms with Crippen LogP contribution in [0.5, 0.6) is 0 Å². The Labute approximate surface area is 275 Å². The number of hydrogen-bond acceptors (Lipinski definition) is 6. The summed E-state index contributed by atoms with van der Waals surface area (Å²) in [6.07, 6.45) is -4.45. The predicted molar refractivity (Wildman–Crippen MR) is 180 cm³/mol. The van der Waals surface area contributed by atoms with E-state index in [0.29, 0.717) is 5.46 Å². The van der Waals surface area contributed by atoms with Crippen molar-refractivity contribution in [2.75, 3.05) is 0 Å². The van der Waals surface area contributed by atoms with Crippen LogP contribution in [0.1, 0.15) is 11.1 Å². The van der Waals surface area contributed by atoms with E-state index in [2.05, 4.69) is 67.5 Å². The highest BCUT2D eigenvalue weighted by Gasteiger charge is 2.33. The fourth-order valence-electron chi connectivity index (χ4n) is 4.30. The molecule has 2 aromatic heterocycles. The second-order valence-electron chi connectivity index (χ2n) is 9.99. The van der Waals surface area contributed by atoms with Crippen LogP contribution in [-0.2, 0) is 6.18 Å². The molecule has 0 spiro atoms. The van der Waals surface area contributed by atoms with Crippen LogP contribution < -0.4 is 16.6 Å². The molecule has 0 atom stereocenters. The number of aromatic amines is 2. The molecule has 0 aliphatic heterocycles. The topological polar surface area (TPSA) is 132 Å². The maximum Gasteiger partial charge on any atom is 0.488 e. The molecule has 0 amide bonds. The Morgan fingerprint density at radius 2 is 1.17 bits per heavy atom. The first-order valence-corrected chi connectivity index (χ1v) is 14.8. The van der Waals surface area contributed by atoms with Crippen molar-refractivity contribution in [1.29, 1.82) is 0 Å². The molecule has 0 saturated carbocycles. The standard InChI is InChI=1S/C17H14N2O.C11H6BrF3N2O.C6H7BO2/c1-12-11-14(16-9-10-17(20)19-18-16)7-8-15(12)13-5-3-2-4-6-13;12-8-2-1-6(5-7(8)11(13,14)15)9-3-4-10(18)17-16-9;8-7(9)6-4-2-1-3-5-6/h2-11H,1H3,(H,19,20);1-5H,(H,17,18);1-5,8-9H. The normalized spacial score (nSPS) is 10.6. The number of rotatable bonds is 4. The number of halogens is 4. The first-order chi connectivity index (χ1) is 22.4. The van der Waals surface area contributed by atoms with Crippen molar-refractivity contribution in [2.45, 2.75) is 13.1 Å². The van der Waals surface area contributed by atoms with Gasteiger partial charge >= 0.3 is 13.3 Å². The van der Waals surface area contributed by atoms with Gasteiger partial charge in [0.25, 0.3) is 11.1 Å². The summed E-state index contributed by atoms with van der Waals surface area (Å²) in [5.74, 6) is 0. The highest BCUT2D eigenvalue weighted by molar-refractivity contribution is 9.10. The van der Waals surface area contributed by atoms with Gasteiger partial charge in [0.2, 0.25) is 0 Å². The maximum absolute atomic E-state index is 12.7. The lowest BCUT2D eigenvalue weighted by Crippen LogP contribution is -2.29. The lowest BCUT2D eigenvalue weighted by Gasteiger charge is -2.10. The number of hydrogen-bond donors (Lipinski definition) is 4. The Morgan fingerprint density at radius 1 is 0.660 bits per heavy atom. The summed E-state index contributed by atoms with van der Waals surface area (Å²) in [4.78, 5) is 21.9. The third-order valence-electron chi connectivity index (χ3n) is 6.63. The van der Waals surface area contributed by atoms with Gasteiger partial charge in [-0.15, -0.1) is 0 Å². The van der Waals surface area contributed by atoms with Crippen LogP contribution >= 0.6 is 15.9 Å². The SMILES string of the molecule is Cc1cc(-c2ccc(=O)[nH]n2)ccc1-c1ccccc1.O=c1ccc(-c2ccc(Br)c(C(F)(F)F)c2)n[nH]1.OB(O)c1ccccc1. The van der Waals surface area contributed by atoms with Gasteiger partial charge in [-0.1, -0.05) is 94.8 Å². The lowest BCUT2D eigenvalue weighted by molar-refractivity contribution is -0.138. The molecule has 0 bridgehead atoms. The number of aromatic nitrogens is 4. The molecule has 13 heteroatoms. The Bertz CT molecular complexity index is 2000. The van der Waals surface area contributed by atoms with Crippen molar-refractivity contribution in [3.8, 4) is 33.6 Å². The predicted octanol–water partition coefficient (Wildman–Crippen LogP) is 6.00. The van der Waals surface area contributed by atoms with Gasteiger partial charge in [0.1, 0.15) is 0 Å². The van der Waals surface area contributed by atoms with Gasteiger partial charge in [0.15, 0.2) is 0 Å². The summed E-state index contributed by atoms with van der Waals surface area (Å²) >= 11 is 2.85. The van der Waals surface area contributed by atoms with Gasteiger partial charge in [-0.05, 0) is 59.4 Å². The van der Waals surface area contributed by atoms with Gasteiger partial charge in [-0.2, -0.15) is 23.4 Å². The Morgan fingerprint density at radius 3 is 1.62 bits per heavy atom. The van der Waals surface area contributed by atoms with Gasteiger partial charge in [0, 0.05) is 27.7 Å². The van der Waals surface area contributed by atoms with Crippen LogP contribution in [0, 0.1) is 6.92 Å². The molecule has 0 fully saturated rings. The molecular weight excluding hydrogens is 676 g/mol. The van der Waals surface area contributed by atoms with Crippen molar-refractivity contribution in [2.24, 2.45) is 0 Å². The minimum absolute atomic E-state index is 0.0387. The quantitative estimate of drug-likeness (QED) is 0.167. The van der Waals surface area contributed by atoms with Crippen LogP contribution in [-0.4, -0.2) is 37.6 Å². The molecule has 4 N–H and O–H groups in total. The number of nitrogens with zero attached hydrogens (tertiary/aromatic N) is 2. The third kappa shape index (κ3) is 9.94. The van der Waals surface area contributed by atoms with Crippen LogP contribution in [0.15, 0.2) is 135 Å². The third-order valence-corrected chi connectivity index (χ3v) is 7.32. The van der Waals surface area contributed by atoms with Gasteiger partial charge in [-0.3, -0.25) is 9.59 Å². The van der Waals surface area contributed by atoms with E-state index in [1.54, 1.807) is 30.3 Å². The largest absolute Gasteiger partial charge is 0.488 e. The fraction of sp³-hybridized carbons (Fsp3) is 0.0588. The zero-order valence-electron chi connectivity index (χ0n) is 24.7. The Balaban J connectivity index is 0.000000171. The van der Waals surface area contributed by atoms with E-state index in [4.69, 9.17) is 10.0 Å².